The van der Waals surface area contributed by atoms with Crippen LogP contribution in [0.3, 0.4) is 0 Å². The molecule has 174 valence electrons. The number of carbonyl (C=O) groups is 3. The third kappa shape index (κ3) is 4.66. The summed E-state index contributed by atoms with van der Waals surface area (Å²) in [5.41, 5.74) is 6.49. The van der Waals surface area contributed by atoms with Gasteiger partial charge in [-0.15, -0.1) is 11.3 Å². The molecule has 0 saturated heterocycles. The Balaban J connectivity index is 1.54. The van der Waals surface area contributed by atoms with E-state index in [1.807, 2.05) is 0 Å². The summed E-state index contributed by atoms with van der Waals surface area (Å²) < 4.78 is 0. The Morgan fingerprint density at radius 1 is 1.12 bits per heavy atom. The van der Waals surface area contributed by atoms with Gasteiger partial charge in [-0.1, -0.05) is 6.07 Å². The lowest BCUT2D eigenvalue weighted by Crippen LogP contribution is -2.35. The van der Waals surface area contributed by atoms with E-state index in [4.69, 9.17) is 5.73 Å². The number of hydrogen-bond acceptors (Lipinski definition) is 7. The fourth-order valence-corrected chi connectivity index (χ4v) is 4.51. The number of benzene rings is 1. The van der Waals surface area contributed by atoms with Crippen molar-refractivity contribution in [1.29, 1.82) is 0 Å². The number of thiophene rings is 1. The van der Waals surface area contributed by atoms with Crippen LogP contribution in [-0.4, -0.2) is 49.6 Å². The van der Waals surface area contributed by atoms with E-state index in [0.717, 1.165) is 15.3 Å². The molecular formula is C22H19N5O6S. The molecule has 0 spiro atoms. The minimum absolute atomic E-state index is 0.0205. The fourth-order valence-electron chi connectivity index (χ4n) is 3.56. The van der Waals surface area contributed by atoms with E-state index in [1.165, 1.54) is 35.6 Å². The van der Waals surface area contributed by atoms with Gasteiger partial charge in [-0.05, 0) is 48.7 Å². The van der Waals surface area contributed by atoms with Crippen LogP contribution in [0.15, 0.2) is 47.4 Å². The highest BCUT2D eigenvalue weighted by molar-refractivity contribution is 7.14. The van der Waals surface area contributed by atoms with Crippen LogP contribution in [0.2, 0.25) is 0 Å². The standard InChI is InChI=1S/C22H19N5O6S/c23-22-25-18-17(19(30)26-22)12(9-24-18)4-5-14-6-7-15(34-14)20(31)27(10-16(28)29)13-3-1-2-11(8-13)21(32)33/h1-3,6-9H,4-5,10H2,(H,28,29)(H,32,33)(H4,23,24,25,26,30). The first-order chi connectivity index (χ1) is 16.2. The average Bonchev–Trinajstić information content (AvgIpc) is 3.42. The molecule has 6 N–H and O–H groups in total. The van der Waals surface area contributed by atoms with Gasteiger partial charge >= 0.3 is 11.9 Å². The van der Waals surface area contributed by atoms with Gasteiger partial charge in [-0.3, -0.25) is 24.3 Å². The molecule has 0 aliphatic rings. The molecule has 3 heterocycles. The Bertz CT molecular complexity index is 1470. The summed E-state index contributed by atoms with van der Waals surface area (Å²) >= 11 is 1.20. The number of anilines is 2. The molecule has 1 aromatic carbocycles. The molecule has 4 aromatic rings. The first kappa shape index (κ1) is 22.7. The van der Waals surface area contributed by atoms with Crippen LogP contribution < -0.4 is 16.2 Å². The zero-order chi connectivity index (χ0) is 24.4. The zero-order valence-corrected chi connectivity index (χ0v) is 18.4. The molecule has 0 aliphatic heterocycles. The summed E-state index contributed by atoms with van der Waals surface area (Å²) in [5.74, 6) is -2.95. The third-order valence-electron chi connectivity index (χ3n) is 5.10. The summed E-state index contributed by atoms with van der Waals surface area (Å²) in [4.78, 5) is 59.6. The van der Waals surface area contributed by atoms with Crippen molar-refractivity contribution in [3.05, 3.63) is 73.8 Å². The molecule has 0 atom stereocenters. The van der Waals surface area contributed by atoms with E-state index >= 15 is 0 Å². The highest BCUT2D eigenvalue weighted by Crippen LogP contribution is 2.25. The summed E-state index contributed by atoms with van der Waals surface area (Å²) in [6.45, 7) is -0.622. The third-order valence-corrected chi connectivity index (χ3v) is 6.23. The first-order valence-corrected chi connectivity index (χ1v) is 10.9. The van der Waals surface area contributed by atoms with E-state index in [-0.39, 0.29) is 22.8 Å². The van der Waals surface area contributed by atoms with Crippen LogP contribution in [0.1, 0.15) is 30.5 Å². The van der Waals surface area contributed by atoms with Crippen molar-refractivity contribution >= 4 is 51.9 Å². The maximum atomic E-state index is 13.1. The summed E-state index contributed by atoms with van der Waals surface area (Å²) in [5, 5.41) is 18.9. The van der Waals surface area contributed by atoms with Gasteiger partial charge in [0.05, 0.1) is 15.8 Å². The normalized spacial score (nSPS) is 10.9. The number of aromatic carboxylic acids is 1. The van der Waals surface area contributed by atoms with Gasteiger partial charge in [0.1, 0.15) is 12.2 Å². The van der Waals surface area contributed by atoms with Crippen LogP contribution >= 0.6 is 11.3 Å². The van der Waals surface area contributed by atoms with Gasteiger partial charge < -0.3 is 20.9 Å². The number of carbonyl (C=O) groups excluding carboxylic acids is 1. The molecule has 0 bridgehead atoms. The number of rotatable bonds is 8. The molecule has 4 rings (SSSR count). The second kappa shape index (κ2) is 9.19. The van der Waals surface area contributed by atoms with Gasteiger partial charge in [-0.2, -0.15) is 4.98 Å². The van der Waals surface area contributed by atoms with E-state index in [2.05, 4.69) is 15.0 Å². The Morgan fingerprint density at radius 2 is 1.91 bits per heavy atom. The number of aromatic amines is 2. The molecule has 34 heavy (non-hydrogen) atoms. The molecule has 0 fully saturated rings. The smallest absolute Gasteiger partial charge is 0.335 e. The zero-order valence-electron chi connectivity index (χ0n) is 17.6. The average molecular weight is 481 g/mol. The molecular weight excluding hydrogens is 462 g/mol. The van der Waals surface area contributed by atoms with Gasteiger partial charge in [0.2, 0.25) is 5.95 Å². The number of aliphatic carboxylic acids is 1. The van der Waals surface area contributed by atoms with Gasteiger partial charge in [-0.25, -0.2) is 4.79 Å². The number of nitrogens with two attached hydrogens (primary N) is 1. The van der Waals surface area contributed by atoms with Crippen LogP contribution in [0.5, 0.6) is 0 Å². The minimum Gasteiger partial charge on any atom is -0.480 e. The molecule has 11 nitrogen and oxygen atoms in total. The van der Waals surface area contributed by atoms with E-state index < -0.39 is 24.4 Å². The number of nitrogens with one attached hydrogen (secondary N) is 2. The quantitative estimate of drug-likeness (QED) is 0.253. The number of carboxylic acids is 2. The predicted molar refractivity (Wildman–Crippen MR) is 126 cm³/mol. The van der Waals surface area contributed by atoms with Crippen molar-refractivity contribution in [3.8, 4) is 0 Å². The monoisotopic (exact) mass is 481 g/mol. The largest absolute Gasteiger partial charge is 0.480 e. The number of fused-ring (bicyclic) bond motifs is 1. The topological polar surface area (TPSA) is 182 Å². The predicted octanol–water partition coefficient (Wildman–Crippen LogP) is 2.11. The van der Waals surface area contributed by atoms with Crippen LogP contribution in [-0.2, 0) is 17.6 Å². The second-order valence-corrected chi connectivity index (χ2v) is 8.56. The maximum Gasteiger partial charge on any atom is 0.335 e. The van der Waals surface area contributed by atoms with E-state index in [9.17, 15) is 29.4 Å². The van der Waals surface area contributed by atoms with E-state index in [1.54, 1.807) is 18.3 Å². The number of carboxylic acid groups (broad SMARTS) is 2. The van der Waals surface area contributed by atoms with Crippen molar-refractivity contribution < 1.29 is 24.6 Å². The number of nitrogens with zero attached hydrogens (tertiary/aromatic N) is 2. The van der Waals surface area contributed by atoms with Gasteiger partial charge in [0, 0.05) is 16.8 Å². The van der Waals surface area contributed by atoms with Crippen LogP contribution in [0, 0.1) is 0 Å². The lowest BCUT2D eigenvalue weighted by Gasteiger charge is -2.20. The number of hydrogen-bond donors (Lipinski definition) is 5. The SMILES string of the molecule is Nc1nc2[nH]cc(CCc3ccc(C(=O)N(CC(=O)O)c4cccc(C(=O)O)c4)s3)c2c(=O)[nH]1. The van der Waals surface area contributed by atoms with Crippen molar-refractivity contribution in [2.24, 2.45) is 0 Å². The van der Waals surface area contributed by atoms with Crippen LogP contribution in [0.25, 0.3) is 11.0 Å². The Kier molecular flexibility index (Phi) is 6.15. The molecule has 3 aromatic heterocycles. The highest BCUT2D eigenvalue weighted by Gasteiger charge is 2.23. The molecule has 12 heteroatoms. The lowest BCUT2D eigenvalue weighted by molar-refractivity contribution is -0.135. The summed E-state index contributed by atoms with van der Waals surface area (Å²) in [7, 11) is 0. The number of amides is 1. The number of aryl methyl sites for hydroxylation is 2. The molecule has 1 amide bonds. The molecule has 0 saturated carbocycles. The molecule has 0 aliphatic carbocycles. The highest BCUT2D eigenvalue weighted by atomic mass is 32.1. The minimum atomic E-state index is -1.23. The van der Waals surface area contributed by atoms with E-state index in [0.29, 0.717) is 28.8 Å². The number of nitrogen functional groups attached to an aromatic ring is 1. The first-order valence-electron chi connectivity index (χ1n) is 10.0. The van der Waals surface area contributed by atoms with Gasteiger partial charge in [0.15, 0.2) is 0 Å². The van der Waals surface area contributed by atoms with Gasteiger partial charge in [0.25, 0.3) is 11.5 Å². The Morgan fingerprint density at radius 3 is 2.65 bits per heavy atom. The van der Waals surface area contributed by atoms with Crippen molar-refractivity contribution in [2.75, 3.05) is 17.2 Å². The fraction of sp³-hybridized carbons (Fsp3) is 0.136. The molecule has 0 unspecified atom stereocenters. The van der Waals surface area contributed by atoms with Crippen LogP contribution in [0.4, 0.5) is 11.6 Å². The summed E-state index contributed by atoms with van der Waals surface area (Å²) in [6.07, 6.45) is 2.72. The number of H-pyrrole nitrogens is 2. The van der Waals surface area contributed by atoms with Crippen molar-refractivity contribution in [3.63, 3.8) is 0 Å². The molecule has 0 radical (unpaired) electrons. The van der Waals surface area contributed by atoms with Crippen molar-refractivity contribution in [1.82, 2.24) is 15.0 Å². The Hall–Kier alpha value is -4.45. The summed E-state index contributed by atoms with van der Waals surface area (Å²) in [6, 6.07) is 8.91. The van der Waals surface area contributed by atoms with Crippen molar-refractivity contribution in [2.45, 2.75) is 12.8 Å². The lowest BCUT2D eigenvalue weighted by atomic mass is 10.1. The number of aromatic nitrogens is 3. The second-order valence-electron chi connectivity index (χ2n) is 7.40. The Labute approximate surface area is 195 Å². The maximum absolute atomic E-state index is 13.1.